The van der Waals surface area contributed by atoms with Crippen molar-refractivity contribution in [3.63, 3.8) is 0 Å². The van der Waals surface area contributed by atoms with Crippen molar-refractivity contribution in [1.82, 2.24) is 19.9 Å². The van der Waals surface area contributed by atoms with Gasteiger partial charge in [-0.15, -0.1) is 0 Å². The molecule has 2 N–H and O–H groups in total. The number of aromatic nitrogens is 4. The first-order chi connectivity index (χ1) is 5.77. The van der Waals surface area contributed by atoms with Gasteiger partial charge in [-0.3, -0.25) is 9.78 Å². The molecule has 0 unspecified atom stereocenters. The molecule has 0 atom stereocenters. The number of rotatable bonds is 0. The standard InChI is InChI=1S/C6H4N4O2/c11-3-1-7-6(12)10-5-4(3)8-2-9-5/h1-2H,(H,8,9)(H,10,12). The zero-order valence-corrected chi connectivity index (χ0v) is 5.87. The minimum atomic E-state index is -0.589. The third-order valence-electron chi connectivity index (χ3n) is 1.41. The van der Waals surface area contributed by atoms with Crippen LogP contribution in [0.3, 0.4) is 0 Å². The van der Waals surface area contributed by atoms with Crippen LogP contribution in [-0.2, 0) is 0 Å². The fourth-order valence-corrected chi connectivity index (χ4v) is 0.892. The molecule has 0 saturated carbocycles. The fraction of sp³-hybridized carbons (Fsp3) is 0. The molecule has 0 aliphatic carbocycles. The number of H-pyrrole nitrogens is 2. The highest BCUT2D eigenvalue weighted by Gasteiger charge is 1.98. The van der Waals surface area contributed by atoms with Crippen LogP contribution in [0.4, 0.5) is 0 Å². The van der Waals surface area contributed by atoms with Gasteiger partial charge in [-0.05, 0) is 0 Å². The van der Waals surface area contributed by atoms with Crippen molar-refractivity contribution in [1.29, 1.82) is 0 Å². The smallest absolute Gasteiger partial charge is 0.340 e. The van der Waals surface area contributed by atoms with E-state index in [0.29, 0.717) is 0 Å². The predicted octanol–water partition coefficient (Wildman–Crippen LogP) is -0.994. The topological polar surface area (TPSA) is 91.5 Å². The first kappa shape index (κ1) is 6.71. The van der Waals surface area contributed by atoms with Gasteiger partial charge in [-0.25, -0.2) is 9.78 Å². The van der Waals surface area contributed by atoms with Crippen LogP contribution in [0.25, 0.3) is 11.2 Å². The highest BCUT2D eigenvalue weighted by molar-refractivity contribution is 5.67. The zero-order valence-electron chi connectivity index (χ0n) is 5.87. The third-order valence-corrected chi connectivity index (χ3v) is 1.41. The van der Waals surface area contributed by atoms with Crippen LogP contribution in [0, 0.1) is 0 Å². The minimum absolute atomic E-state index is 0.225. The molecule has 2 aromatic rings. The Labute approximate surface area is 65.3 Å². The molecule has 6 heteroatoms. The number of hydrogen-bond donors (Lipinski definition) is 2. The summed E-state index contributed by atoms with van der Waals surface area (Å²) in [5, 5.41) is 0. The van der Waals surface area contributed by atoms with Gasteiger partial charge < -0.3 is 4.98 Å². The van der Waals surface area contributed by atoms with E-state index in [4.69, 9.17) is 0 Å². The summed E-state index contributed by atoms with van der Waals surface area (Å²) < 4.78 is 0. The Bertz CT molecular complexity index is 527. The molecule has 6 nitrogen and oxygen atoms in total. The zero-order chi connectivity index (χ0) is 8.55. The van der Waals surface area contributed by atoms with Crippen LogP contribution >= 0.6 is 0 Å². The number of aromatic amines is 2. The van der Waals surface area contributed by atoms with Crippen LogP contribution in [0.2, 0.25) is 0 Å². The molecule has 0 bridgehead atoms. The lowest BCUT2D eigenvalue weighted by molar-refractivity contribution is 1.12. The van der Waals surface area contributed by atoms with E-state index in [-0.39, 0.29) is 16.6 Å². The highest BCUT2D eigenvalue weighted by atomic mass is 16.1. The normalized spacial score (nSPS) is 10.3. The molecular formula is C6H4N4O2. The number of fused-ring (bicyclic) bond motifs is 1. The molecule has 0 saturated heterocycles. The molecule has 0 spiro atoms. The molecule has 0 aliphatic heterocycles. The van der Waals surface area contributed by atoms with E-state index in [1.165, 1.54) is 6.33 Å². The number of hydrogen-bond acceptors (Lipinski definition) is 4. The van der Waals surface area contributed by atoms with E-state index < -0.39 is 5.69 Å². The maximum absolute atomic E-state index is 11.1. The van der Waals surface area contributed by atoms with Gasteiger partial charge in [0.05, 0.1) is 12.5 Å². The third kappa shape index (κ3) is 0.895. The lowest BCUT2D eigenvalue weighted by atomic mass is 10.5. The van der Waals surface area contributed by atoms with E-state index in [1.807, 2.05) is 0 Å². The van der Waals surface area contributed by atoms with Crippen molar-refractivity contribution in [3.05, 3.63) is 33.2 Å². The van der Waals surface area contributed by atoms with Crippen LogP contribution in [0.15, 0.2) is 22.1 Å². The molecule has 0 fully saturated rings. The average molecular weight is 164 g/mol. The van der Waals surface area contributed by atoms with Gasteiger partial charge in [-0.1, -0.05) is 0 Å². The first-order valence-corrected chi connectivity index (χ1v) is 3.20. The number of nitrogens with zero attached hydrogens (tertiary/aromatic N) is 2. The van der Waals surface area contributed by atoms with Gasteiger partial charge in [0, 0.05) is 0 Å². The summed E-state index contributed by atoms with van der Waals surface area (Å²) in [6, 6.07) is 0. The molecule has 2 heterocycles. The molecule has 2 rings (SSSR count). The molecule has 2 aromatic heterocycles. The Balaban J connectivity index is 3.15. The molecule has 0 amide bonds. The fourth-order valence-electron chi connectivity index (χ4n) is 0.892. The Kier molecular flexibility index (Phi) is 1.26. The highest BCUT2D eigenvalue weighted by Crippen LogP contribution is 1.92. The second kappa shape index (κ2) is 2.26. The van der Waals surface area contributed by atoms with E-state index in [9.17, 15) is 9.59 Å². The molecule has 0 aliphatic rings. The second-order valence-electron chi connectivity index (χ2n) is 2.18. The molecule has 60 valence electrons. The summed E-state index contributed by atoms with van der Waals surface area (Å²) >= 11 is 0. The van der Waals surface area contributed by atoms with Crippen molar-refractivity contribution in [2.75, 3.05) is 0 Å². The Hall–Kier alpha value is -1.98. The van der Waals surface area contributed by atoms with Crippen molar-refractivity contribution in [3.8, 4) is 0 Å². The predicted molar refractivity (Wildman–Crippen MR) is 40.8 cm³/mol. The van der Waals surface area contributed by atoms with Crippen molar-refractivity contribution in [2.45, 2.75) is 0 Å². The monoisotopic (exact) mass is 164 g/mol. The van der Waals surface area contributed by atoms with Gasteiger partial charge in [0.2, 0.25) is 5.43 Å². The summed E-state index contributed by atoms with van der Waals surface area (Å²) in [4.78, 5) is 33.8. The molecule has 0 radical (unpaired) electrons. The average Bonchev–Trinajstić information content (AvgIpc) is 2.44. The maximum Gasteiger partial charge on any atom is 0.346 e. The first-order valence-electron chi connectivity index (χ1n) is 3.20. The summed E-state index contributed by atoms with van der Waals surface area (Å²) in [5.41, 5.74) is -0.470. The maximum atomic E-state index is 11.1. The van der Waals surface area contributed by atoms with Crippen LogP contribution < -0.4 is 11.1 Å². The Morgan fingerprint density at radius 2 is 2.08 bits per heavy atom. The number of nitrogens with one attached hydrogen (secondary N) is 2. The summed E-state index contributed by atoms with van der Waals surface area (Å²) in [7, 11) is 0. The second-order valence-corrected chi connectivity index (χ2v) is 2.18. The van der Waals surface area contributed by atoms with E-state index in [1.54, 1.807) is 0 Å². The summed E-state index contributed by atoms with van der Waals surface area (Å²) in [6.45, 7) is 0. The van der Waals surface area contributed by atoms with Gasteiger partial charge in [0.25, 0.3) is 0 Å². The van der Waals surface area contributed by atoms with Gasteiger partial charge >= 0.3 is 5.69 Å². The van der Waals surface area contributed by atoms with E-state index in [0.717, 1.165) is 6.20 Å². The quantitative estimate of drug-likeness (QED) is 0.522. The van der Waals surface area contributed by atoms with E-state index >= 15 is 0 Å². The van der Waals surface area contributed by atoms with Crippen molar-refractivity contribution >= 4 is 11.2 Å². The Morgan fingerprint density at radius 1 is 1.25 bits per heavy atom. The molecular weight excluding hydrogens is 160 g/mol. The van der Waals surface area contributed by atoms with Crippen molar-refractivity contribution < 1.29 is 0 Å². The van der Waals surface area contributed by atoms with Crippen LogP contribution in [0.5, 0.6) is 0 Å². The lowest BCUT2D eigenvalue weighted by Crippen LogP contribution is -2.05. The van der Waals surface area contributed by atoms with E-state index in [2.05, 4.69) is 19.9 Å². The summed E-state index contributed by atoms with van der Waals surface area (Å²) in [5.74, 6) is 0. The van der Waals surface area contributed by atoms with Gasteiger partial charge in [-0.2, -0.15) is 4.98 Å². The van der Waals surface area contributed by atoms with Gasteiger partial charge in [0.1, 0.15) is 5.52 Å². The van der Waals surface area contributed by atoms with Crippen LogP contribution in [-0.4, -0.2) is 19.9 Å². The van der Waals surface area contributed by atoms with Crippen molar-refractivity contribution in [2.24, 2.45) is 0 Å². The van der Waals surface area contributed by atoms with Crippen LogP contribution in [0.1, 0.15) is 0 Å². The molecule has 0 aromatic carbocycles. The van der Waals surface area contributed by atoms with Gasteiger partial charge in [0.15, 0.2) is 5.65 Å². The molecule has 12 heavy (non-hydrogen) atoms. The minimum Gasteiger partial charge on any atom is -0.340 e. The summed E-state index contributed by atoms with van der Waals surface area (Å²) in [6.07, 6.45) is 2.29. The lowest BCUT2D eigenvalue weighted by Gasteiger charge is -1.72. The SMILES string of the molecule is O=c1ncc(=O)c2[nH]cnc2[nH]1. The Morgan fingerprint density at radius 3 is 2.92 bits per heavy atom. The largest absolute Gasteiger partial charge is 0.346 e. The number of imidazole rings is 1.